The van der Waals surface area contributed by atoms with E-state index in [0.717, 1.165) is 18.7 Å². The topological polar surface area (TPSA) is 28.7 Å². The van der Waals surface area contributed by atoms with Gasteiger partial charge in [0.15, 0.2) is 0 Å². The maximum atomic E-state index is 9.17. The summed E-state index contributed by atoms with van der Waals surface area (Å²) in [6.45, 7) is 5.18. The minimum Gasteiger partial charge on any atom is -0.332 e. The first-order valence-electron chi connectivity index (χ1n) is 6.33. The Labute approximate surface area is 108 Å². The molecule has 2 aromatic rings. The Balaban J connectivity index is 2.30. The normalized spacial score (nSPS) is 10.6. The van der Waals surface area contributed by atoms with Crippen molar-refractivity contribution in [2.45, 2.75) is 26.8 Å². The fourth-order valence-electron chi connectivity index (χ4n) is 2.16. The molecule has 0 fully saturated rings. The van der Waals surface area contributed by atoms with Crippen molar-refractivity contribution in [3.05, 3.63) is 59.4 Å². The quantitative estimate of drug-likeness (QED) is 0.800. The summed E-state index contributed by atoms with van der Waals surface area (Å²) in [4.78, 5) is 0. The highest BCUT2D eigenvalue weighted by molar-refractivity contribution is 5.29. The van der Waals surface area contributed by atoms with Crippen LogP contribution in [0.1, 0.15) is 30.8 Å². The zero-order valence-electron chi connectivity index (χ0n) is 10.9. The predicted molar refractivity (Wildman–Crippen MR) is 73.2 cm³/mol. The molecule has 2 heteroatoms. The molecule has 0 spiro atoms. The van der Waals surface area contributed by atoms with Crippen LogP contribution in [0.2, 0.25) is 0 Å². The van der Waals surface area contributed by atoms with Crippen LogP contribution in [0.15, 0.2) is 42.5 Å². The fourth-order valence-corrected chi connectivity index (χ4v) is 2.16. The standard InChI is InChI=1S/C16H18N2/c1-13(2)10-15-8-9-16(11-17)18(15)12-14-6-4-3-5-7-14/h3-9,13H,10,12H2,1-2H3. The first kappa shape index (κ1) is 12.4. The third-order valence-corrected chi connectivity index (χ3v) is 2.99. The first-order chi connectivity index (χ1) is 8.70. The number of aromatic nitrogens is 1. The molecule has 1 aromatic carbocycles. The Bertz CT molecular complexity index is 544. The minimum atomic E-state index is 0.598. The number of hydrogen-bond donors (Lipinski definition) is 0. The van der Waals surface area contributed by atoms with E-state index in [-0.39, 0.29) is 0 Å². The SMILES string of the molecule is CC(C)Cc1ccc(C#N)n1Cc1ccccc1. The smallest absolute Gasteiger partial charge is 0.120 e. The summed E-state index contributed by atoms with van der Waals surface area (Å²) < 4.78 is 2.12. The Morgan fingerprint density at radius 3 is 2.44 bits per heavy atom. The lowest BCUT2D eigenvalue weighted by Crippen LogP contribution is -2.08. The number of nitriles is 1. The van der Waals surface area contributed by atoms with E-state index in [1.807, 2.05) is 24.3 Å². The molecule has 0 aliphatic carbocycles. The molecule has 2 rings (SSSR count). The molecular formula is C16H18N2. The van der Waals surface area contributed by atoms with Gasteiger partial charge in [-0.05, 0) is 30.0 Å². The number of hydrogen-bond acceptors (Lipinski definition) is 1. The molecule has 0 unspecified atom stereocenters. The van der Waals surface area contributed by atoms with Gasteiger partial charge in [0.25, 0.3) is 0 Å². The van der Waals surface area contributed by atoms with Crippen molar-refractivity contribution >= 4 is 0 Å². The van der Waals surface area contributed by atoms with Gasteiger partial charge >= 0.3 is 0 Å². The van der Waals surface area contributed by atoms with Crippen molar-refractivity contribution in [3.8, 4) is 6.07 Å². The summed E-state index contributed by atoms with van der Waals surface area (Å²) in [6.07, 6.45) is 1.01. The van der Waals surface area contributed by atoms with Gasteiger partial charge in [0.1, 0.15) is 11.8 Å². The van der Waals surface area contributed by atoms with Crippen LogP contribution in [-0.4, -0.2) is 4.57 Å². The maximum Gasteiger partial charge on any atom is 0.120 e. The van der Waals surface area contributed by atoms with Crippen LogP contribution >= 0.6 is 0 Å². The van der Waals surface area contributed by atoms with E-state index in [9.17, 15) is 5.26 Å². The molecular weight excluding hydrogens is 220 g/mol. The van der Waals surface area contributed by atoms with E-state index in [1.165, 1.54) is 11.3 Å². The van der Waals surface area contributed by atoms with Gasteiger partial charge in [0, 0.05) is 12.2 Å². The van der Waals surface area contributed by atoms with E-state index in [0.29, 0.717) is 5.92 Å². The highest BCUT2D eigenvalue weighted by Gasteiger charge is 2.09. The van der Waals surface area contributed by atoms with Gasteiger partial charge in [-0.1, -0.05) is 44.2 Å². The van der Waals surface area contributed by atoms with Crippen molar-refractivity contribution < 1.29 is 0 Å². The molecule has 2 nitrogen and oxygen atoms in total. The van der Waals surface area contributed by atoms with E-state index in [2.05, 4.69) is 42.7 Å². The van der Waals surface area contributed by atoms with Crippen LogP contribution in [0, 0.1) is 17.2 Å². The average Bonchev–Trinajstić information content (AvgIpc) is 2.72. The van der Waals surface area contributed by atoms with Crippen LogP contribution in [0.25, 0.3) is 0 Å². The van der Waals surface area contributed by atoms with Crippen molar-refractivity contribution in [1.82, 2.24) is 4.57 Å². The van der Waals surface area contributed by atoms with Gasteiger partial charge in [-0.3, -0.25) is 0 Å². The Hall–Kier alpha value is -2.01. The molecule has 1 heterocycles. The zero-order valence-corrected chi connectivity index (χ0v) is 10.9. The lowest BCUT2D eigenvalue weighted by Gasteiger charge is -2.12. The average molecular weight is 238 g/mol. The summed E-state index contributed by atoms with van der Waals surface area (Å²) in [5.41, 5.74) is 3.22. The van der Waals surface area contributed by atoms with Gasteiger partial charge in [0.2, 0.25) is 0 Å². The largest absolute Gasteiger partial charge is 0.332 e. The molecule has 0 bridgehead atoms. The second kappa shape index (κ2) is 5.55. The molecule has 92 valence electrons. The molecule has 1 aromatic heterocycles. The molecule has 0 amide bonds. The van der Waals surface area contributed by atoms with Crippen LogP contribution < -0.4 is 0 Å². The van der Waals surface area contributed by atoms with Gasteiger partial charge in [0.05, 0.1) is 0 Å². The molecule has 0 saturated heterocycles. The highest BCUT2D eigenvalue weighted by atomic mass is 15.0. The van der Waals surface area contributed by atoms with Gasteiger partial charge < -0.3 is 4.57 Å². The third kappa shape index (κ3) is 2.81. The van der Waals surface area contributed by atoms with Gasteiger partial charge in [-0.25, -0.2) is 0 Å². The summed E-state index contributed by atoms with van der Waals surface area (Å²) in [5, 5.41) is 9.17. The van der Waals surface area contributed by atoms with Crippen molar-refractivity contribution in [2.24, 2.45) is 5.92 Å². The third-order valence-electron chi connectivity index (χ3n) is 2.99. The van der Waals surface area contributed by atoms with E-state index < -0.39 is 0 Å². The van der Waals surface area contributed by atoms with Gasteiger partial charge in [-0.2, -0.15) is 5.26 Å². The van der Waals surface area contributed by atoms with E-state index in [1.54, 1.807) is 0 Å². The number of benzene rings is 1. The fraction of sp³-hybridized carbons (Fsp3) is 0.312. The molecule has 0 aliphatic heterocycles. The second-order valence-electron chi connectivity index (χ2n) is 4.99. The second-order valence-corrected chi connectivity index (χ2v) is 4.99. The molecule has 0 radical (unpaired) electrons. The van der Waals surface area contributed by atoms with E-state index in [4.69, 9.17) is 0 Å². The zero-order chi connectivity index (χ0) is 13.0. The maximum absolute atomic E-state index is 9.17. The van der Waals surface area contributed by atoms with Crippen molar-refractivity contribution in [3.63, 3.8) is 0 Å². The first-order valence-corrected chi connectivity index (χ1v) is 6.33. The lowest BCUT2D eigenvalue weighted by atomic mass is 10.1. The Morgan fingerprint density at radius 2 is 1.83 bits per heavy atom. The van der Waals surface area contributed by atoms with Crippen LogP contribution in [0.4, 0.5) is 0 Å². The molecule has 0 N–H and O–H groups in total. The van der Waals surface area contributed by atoms with Crippen LogP contribution in [0.5, 0.6) is 0 Å². The summed E-state index contributed by atoms with van der Waals surface area (Å²) >= 11 is 0. The predicted octanol–water partition coefficient (Wildman–Crippen LogP) is 3.61. The van der Waals surface area contributed by atoms with Gasteiger partial charge in [-0.15, -0.1) is 0 Å². The van der Waals surface area contributed by atoms with E-state index >= 15 is 0 Å². The Kier molecular flexibility index (Phi) is 3.84. The summed E-state index contributed by atoms with van der Waals surface area (Å²) in [6, 6.07) is 16.5. The van der Waals surface area contributed by atoms with Crippen molar-refractivity contribution in [1.29, 1.82) is 5.26 Å². The highest BCUT2D eigenvalue weighted by Crippen LogP contribution is 2.15. The summed E-state index contributed by atoms with van der Waals surface area (Å²) in [7, 11) is 0. The Morgan fingerprint density at radius 1 is 1.11 bits per heavy atom. The molecule has 0 aliphatic rings. The lowest BCUT2D eigenvalue weighted by molar-refractivity contribution is 0.602. The number of rotatable bonds is 4. The summed E-state index contributed by atoms with van der Waals surface area (Å²) in [5.74, 6) is 0.598. The number of nitrogens with zero attached hydrogens (tertiary/aromatic N) is 2. The molecule has 0 atom stereocenters. The van der Waals surface area contributed by atoms with Crippen LogP contribution in [0.3, 0.4) is 0 Å². The minimum absolute atomic E-state index is 0.598. The van der Waals surface area contributed by atoms with Crippen molar-refractivity contribution in [2.75, 3.05) is 0 Å². The molecule has 18 heavy (non-hydrogen) atoms. The monoisotopic (exact) mass is 238 g/mol. The van der Waals surface area contributed by atoms with Crippen LogP contribution in [-0.2, 0) is 13.0 Å². The molecule has 0 saturated carbocycles.